The monoisotopic (exact) mass is 419 g/mol. The van der Waals surface area contributed by atoms with Crippen molar-refractivity contribution in [2.75, 3.05) is 19.5 Å². The number of hydrogen-bond acceptors (Lipinski definition) is 5. The summed E-state index contributed by atoms with van der Waals surface area (Å²) < 4.78 is 5.26. The summed E-state index contributed by atoms with van der Waals surface area (Å²) in [5.74, 6) is 0.745. The minimum atomic E-state index is -0.631. The molecule has 160 valence electrons. The molecule has 3 aromatic rings. The van der Waals surface area contributed by atoms with Crippen LogP contribution < -0.4 is 10.1 Å². The van der Waals surface area contributed by atoms with E-state index in [0.29, 0.717) is 22.7 Å². The SMILES string of the molecule is COc1ccc([C@H]2[C@@H](C(=O)Nc3n[nH]c(C(C)C)n3)c3ccccc3C(=O)N2C)cc1. The van der Waals surface area contributed by atoms with Crippen molar-refractivity contribution in [3.63, 3.8) is 0 Å². The van der Waals surface area contributed by atoms with Gasteiger partial charge in [-0.2, -0.15) is 4.98 Å². The number of aromatic amines is 1. The lowest BCUT2D eigenvalue weighted by atomic mass is 9.79. The van der Waals surface area contributed by atoms with E-state index < -0.39 is 12.0 Å². The van der Waals surface area contributed by atoms with Crippen LogP contribution in [-0.2, 0) is 4.79 Å². The van der Waals surface area contributed by atoms with E-state index in [-0.39, 0.29) is 23.7 Å². The number of likely N-dealkylation sites (N-methyl/N-ethyl adjacent to an activating group) is 1. The second-order valence-electron chi connectivity index (χ2n) is 7.89. The van der Waals surface area contributed by atoms with Crippen LogP contribution in [0.4, 0.5) is 5.95 Å². The third-order valence-electron chi connectivity index (χ3n) is 5.60. The maximum absolute atomic E-state index is 13.5. The van der Waals surface area contributed by atoms with Crippen LogP contribution in [-0.4, -0.2) is 46.1 Å². The molecule has 2 amide bonds. The van der Waals surface area contributed by atoms with Crippen LogP contribution in [0.25, 0.3) is 0 Å². The number of carbonyl (C=O) groups excluding carboxylic acids is 2. The molecule has 0 radical (unpaired) electrons. The lowest BCUT2D eigenvalue weighted by Crippen LogP contribution is -2.44. The van der Waals surface area contributed by atoms with Gasteiger partial charge >= 0.3 is 0 Å². The third kappa shape index (κ3) is 3.76. The van der Waals surface area contributed by atoms with E-state index in [1.54, 1.807) is 31.2 Å². The van der Waals surface area contributed by atoms with Crippen LogP contribution in [0.5, 0.6) is 5.75 Å². The van der Waals surface area contributed by atoms with E-state index in [4.69, 9.17) is 4.74 Å². The number of carbonyl (C=O) groups is 2. The molecule has 0 bridgehead atoms. The van der Waals surface area contributed by atoms with Crippen molar-refractivity contribution in [3.8, 4) is 5.75 Å². The van der Waals surface area contributed by atoms with Gasteiger partial charge in [0, 0.05) is 18.5 Å². The van der Waals surface area contributed by atoms with E-state index in [1.165, 1.54) is 0 Å². The lowest BCUT2D eigenvalue weighted by molar-refractivity contribution is -0.119. The summed E-state index contributed by atoms with van der Waals surface area (Å²) in [6.45, 7) is 3.98. The summed E-state index contributed by atoms with van der Waals surface area (Å²) in [6, 6.07) is 14.2. The molecular formula is C23H25N5O3. The van der Waals surface area contributed by atoms with Gasteiger partial charge in [0.05, 0.1) is 19.1 Å². The van der Waals surface area contributed by atoms with Gasteiger partial charge in [-0.25, -0.2) is 0 Å². The van der Waals surface area contributed by atoms with Crippen LogP contribution in [0.2, 0.25) is 0 Å². The van der Waals surface area contributed by atoms with Gasteiger partial charge < -0.3 is 9.64 Å². The number of amides is 2. The van der Waals surface area contributed by atoms with Crippen LogP contribution in [0.15, 0.2) is 48.5 Å². The summed E-state index contributed by atoms with van der Waals surface area (Å²) in [5.41, 5.74) is 2.04. The van der Waals surface area contributed by atoms with Crippen molar-refractivity contribution in [2.24, 2.45) is 0 Å². The number of aromatic nitrogens is 3. The van der Waals surface area contributed by atoms with Gasteiger partial charge in [-0.05, 0) is 29.3 Å². The molecule has 8 heteroatoms. The van der Waals surface area contributed by atoms with E-state index in [0.717, 1.165) is 5.56 Å². The number of anilines is 1. The number of fused-ring (bicyclic) bond motifs is 1. The Kier molecular flexibility index (Phi) is 5.46. The Labute approximate surface area is 180 Å². The lowest BCUT2D eigenvalue weighted by Gasteiger charge is -2.39. The maximum Gasteiger partial charge on any atom is 0.254 e. The fourth-order valence-corrected chi connectivity index (χ4v) is 3.95. The fourth-order valence-electron chi connectivity index (χ4n) is 3.95. The van der Waals surface area contributed by atoms with Crippen molar-refractivity contribution in [1.29, 1.82) is 0 Å². The van der Waals surface area contributed by atoms with Gasteiger partial charge in [0.1, 0.15) is 11.6 Å². The first-order chi connectivity index (χ1) is 14.9. The first-order valence-electron chi connectivity index (χ1n) is 10.1. The zero-order chi connectivity index (χ0) is 22.1. The van der Waals surface area contributed by atoms with E-state index in [2.05, 4.69) is 20.5 Å². The van der Waals surface area contributed by atoms with Crippen molar-refractivity contribution in [2.45, 2.75) is 31.7 Å². The van der Waals surface area contributed by atoms with Crippen LogP contribution in [0.1, 0.15) is 59.0 Å². The second kappa shape index (κ2) is 8.22. The van der Waals surface area contributed by atoms with Crippen molar-refractivity contribution in [1.82, 2.24) is 20.1 Å². The standard InChI is InChI=1S/C23H25N5O3/c1-13(2)20-24-23(27-26-20)25-21(29)18-16-7-5-6-8-17(16)22(30)28(3)19(18)14-9-11-15(31-4)12-10-14/h5-13,18-19H,1-4H3,(H2,24,25,26,27,29)/t18-,19-/m0/s1. The number of hydrogen-bond donors (Lipinski definition) is 2. The number of ether oxygens (including phenoxy) is 1. The number of methoxy groups -OCH3 is 1. The normalized spacial score (nSPS) is 18.1. The van der Waals surface area contributed by atoms with Gasteiger partial charge in [0.2, 0.25) is 11.9 Å². The van der Waals surface area contributed by atoms with E-state index in [9.17, 15) is 9.59 Å². The molecule has 1 aromatic heterocycles. The Morgan fingerprint density at radius 3 is 2.52 bits per heavy atom. The van der Waals surface area contributed by atoms with Crippen LogP contribution in [0.3, 0.4) is 0 Å². The number of H-pyrrole nitrogens is 1. The molecule has 2 N–H and O–H groups in total. The fraction of sp³-hybridized carbons (Fsp3) is 0.304. The van der Waals surface area contributed by atoms with Crippen molar-refractivity contribution >= 4 is 17.8 Å². The first kappa shape index (κ1) is 20.6. The predicted octanol–water partition coefficient (Wildman–Crippen LogP) is 3.49. The molecule has 8 nitrogen and oxygen atoms in total. The number of rotatable bonds is 5. The van der Waals surface area contributed by atoms with E-state index in [1.807, 2.05) is 50.2 Å². The Bertz CT molecular complexity index is 1110. The average molecular weight is 419 g/mol. The molecule has 2 heterocycles. The Balaban J connectivity index is 1.76. The zero-order valence-electron chi connectivity index (χ0n) is 17.9. The Morgan fingerprint density at radius 2 is 1.87 bits per heavy atom. The molecule has 31 heavy (non-hydrogen) atoms. The minimum Gasteiger partial charge on any atom is -0.497 e. The maximum atomic E-state index is 13.5. The largest absolute Gasteiger partial charge is 0.497 e. The molecule has 2 aromatic carbocycles. The molecule has 1 aliphatic rings. The molecular weight excluding hydrogens is 394 g/mol. The molecule has 4 rings (SSSR count). The zero-order valence-corrected chi connectivity index (χ0v) is 17.9. The van der Waals surface area contributed by atoms with Crippen molar-refractivity contribution < 1.29 is 14.3 Å². The number of benzene rings is 2. The topological polar surface area (TPSA) is 100 Å². The van der Waals surface area contributed by atoms with Crippen LogP contribution in [0, 0.1) is 0 Å². The summed E-state index contributed by atoms with van der Waals surface area (Å²) in [5, 5.41) is 9.80. The van der Waals surface area contributed by atoms with Crippen LogP contribution >= 0.6 is 0 Å². The highest BCUT2D eigenvalue weighted by molar-refractivity contribution is 6.03. The minimum absolute atomic E-state index is 0.125. The first-order valence-corrected chi connectivity index (χ1v) is 10.1. The van der Waals surface area contributed by atoms with Crippen molar-refractivity contribution in [3.05, 3.63) is 71.0 Å². The highest BCUT2D eigenvalue weighted by Gasteiger charge is 2.42. The van der Waals surface area contributed by atoms with Gasteiger partial charge in [0.15, 0.2) is 0 Å². The van der Waals surface area contributed by atoms with E-state index >= 15 is 0 Å². The highest BCUT2D eigenvalue weighted by Crippen LogP contribution is 2.42. The Morgan fingerprint density at radius 1 is 1.16 bits per heavy atom. The molecule has 0 saturated heterocycles. The molecule has 1 aliphatic heterocycles. The molecule has 0 unspecified atom stereocenters. The second-order valence-corrected chi connectivity index (χ2v) is 7.89. The quantitative estimate of drug-likeness (QED) is 0.659. The smallest absolute Gasteiger partial charge is 0.254 e. The molecule has 0 fully saturated rings. The predicted molar refractivity (Wildman–Crippen MR) is 116 cm³/mol. The average Bonchev–Trinajstić information content (AvgIpc) is 3.25. The summed E-state index contributed by atoms with van der Waals surface area (Å²) in [6.07, 6.45) is 0. The van der Waals surface area contributed by atoms with Gasteiger partial charge in [-0.3, -0.25) is 20.0 Å². The number of nitrogens with zero attached hydrogens (tertiary/aromatic N) is 3. The Hall–Kier alpha value is -3.68. The molecule has 2 atom stereocenters. The summed E-state index contributed by atoms with van der Waals surface area (Å²) >= 11 is 0. The molecule has 0 spiro atoms. The van der Waals surface area contributed by atoms with Gasteiger partial charge in [-0.1, -0.05) is 44.2 Å². The number of nitrogens with one attached hydrogen (secondary N) is 2. The summed E-state index contributed by atoms with van der Waals surface area (Å²) in [7, 11) is 3.32. The highest BCUT2D eigenvalue weighted by atomic mass is 16.5. The van der Waals surface area contributed by atoms with Gasteiger partial charge in [0.25, 0.3) is 5.91 Å². The molecule has 0 saturated carbocycles. The van der Waals surface area contributed by atoms with Gasteiger partial charge in [-0.15, -0.1) is 5.10 Å². The third-order valence-corrected chi connectivity index (χ3v) is 5.60. The summed E-state index contributed by atoms with van der Waals surface area (Å²) in [4.78, 5) is 32.5. The molecule has 0 aliphatic carbocycles.